The fourth-order valence-electron chi connectivity index (χ4n) is 3.77. The molecule has 8 N–H and O–H groups in total. The molecule has 40 heavy (non-hydrogen) atoms. The quantitative estimate of drug-likeness (QED) is 0.140. The van der Waals surface area contributed by atoms with Gasteiger partial charge in [-0.05, 0) is 61.7 Å². The van der Waals surface area contributed by atoms with Crippen LogP contribution in [0.2, 0.25) is 0 Å². The number of benzene rings is 2. The Hall–Kier alpha value is -4.27. The van der Waals surface area contributed by atoms with Crippen molar-refractivity contribution in [2.24, 2.45) is 22.2 Å². The monoisotopic (exact) mass is 589 g/mol. The number of aromatic carboxylic acids is 1. The number of amides is 1. The second-order valence-corrected chi connectivity index (χ2v) is 11.4. The van der Waals surface area contributed by atoms with Gasteiger partial charge in [0.05, 0.1) is 24.1 Å². The molecule has 1 atom stereocenters. The number of carbonyl (C=O) groups is 3. The van der Waals surface area contributed by atoms with Crippen molar-refractivity contribution in [1.82, 2.24) is 4.72 Å². The highest BCUT2D eigenvalue weighted by atomic mass is 32.2. The van der Waals surface area contributed by atoms with Crippen molar-refractivity contribution in [3.05, 3.63) is 70.1 Å². The van der Waals surface area contributed by atoms with Crippen molar-refractivity contribution in [3.63, 3.8) is 0 Å². The topological polar surface area (TPSA) is 217 Å². The maximum absolute atomic E-state index is 12.5. The Morgan fingerprint density at radius 3 is 2.15 bits per heavy atom. The average molecular weight is 590 g/mol. The molecule has 1 aromatic heterocycles. The lowest BCUT2D eigenvalue weighted by Crippen LogP contribution is -2.46. The van der Waals surface area contributed by atoms with Gasteiger partial charge in [-0.15, -0.1) is 11.3 Å². The third kappa shape index (κ3) is 8.90. The molecule has 0 aliphatic carbocycles. The molecule has 0 aliphatic heterocycles. The molecule has 0 saturated heterocycles. The van der Waals surface area contributed by atoms with E-state index in [1.807, 2.05) is 19.1 Å². The van der Waals surface area contributed by atoms with Gasteiger partial charge >= 0.3 is 11.9 Å². The van der Waals surface area contributed by atoms with Gasteiger partial charge in [-0.3, -0.25) is 9.59 Å². The van der Waals surface area contributed by atoms with Gasteiger partial charge in [-0.25, -0.2) is 18.2 Å². The van der Waals surface area contributed by atoms with E-state index in [2.05, 4.69) is 14.5 Å². The number of aryl methyl sites for hydroxylation is 3. The molecule has 0 aliphatic rings. The third-order valence-corrected chi connectivity index (χ3v) is 8.22. The Kier molecular flexibility index (Phi) is 10.9. The number of nitrogens with zero attached hydrogens (tertiary/aromatic N) is 1. The molecule has 14 heteroatoms. The first kappa shape index (κ1) is 31.9. The molecule has 0 saturated carbocycles. The van der Waals surface area contributed by atoms with Gasteiger partial charge in [0, 0.05) is 4.88 Å². The number of nitrogens with two attached hydrogens (primary N) is 3. The van der Waals surface area contributed by atoms with Crippen LogP contribution in [0.1, 0.15) is 32.8 Å². The number of nitrogens with one attached hydrogen (secondary N) is 1. The van der Waals surface area contributed by atoms with Crippen LogP contribution in [-0.2, 0) is 24.3 Å². The second-order valence-electron chi connectivity index (χ2n) is 8.64. The van der Waals surface area contributed by atoms with Gasteiger partial charge in [0.25, 0.3) is 0 Å². The first-order valence-electron chi connectivity index (χ1n) is 11.6. The van der Waals surface area contributed by atoms with Crippen molar-refractivity contribution in [2.75, 3.05) is 7.11 Å². The zero-order valence-electron chi connectivity index (χ0n) is 22.3. The van der Waals surface area contributed by atoms with E-state index in [0.717, 1.165) is 23.1 Å². The highest BCUT2D eigenvalue weighted by Crippen LogP contribution is 2.30. The van der Waals surface area contributed by atoms with E-state index in [1.165, 1.54) is 11.3 Å². The first-order chi connectivity index (χ1) is 18.6. The molecule has 0 spiro atoms. The van der Waals surface area contributed by atoms with E-state index in [-0.39, 0.29) is 10.9 Å². The minimum absolute atomic E-state index is 0.00967. The first-order valence-corrected chi connectivity index (χ1v) is 13.9. The number of esters is 1. The fourth-order valence-corrected chi connectivity index (χ4v) is 6.27. The van der Waals surface area contributed by atoms with Crippen LogP contribution in [0.5, 0.6) is 0 Å². The summed E-state index contributed by atoms with van der Waals surface area (Å²) in [6.07, 6.45) is -0.463. The molecule has 1 unspecified atom stereocenters. The van der Waals surface area contributed by atoms with Crippen LogP contribution in [-0.4, -0.2) is 50.5 Å². The van der Waals surface area contributed by atoms with Crippen LogP contribution in [0, 0.1) is 20.8 Å². The maximum atomic E-state index is 12.5. The van der Waals surface area contributed by atoms with Crippen molar-refractivity contribution in [1.29, 1.82) is 0 Å². The minimum Gasteiger partial charge on any atom is -0.477 e. The molecule has 214 valence electrons. The molecular weight excluding hydrogens is 558 g/mol. The summed E-state index contributed by atoms with van der Waals surface area (Å²) < 4.78 is 31.6. The highest BCUT2D eigenvalue weighted by molar-refractivity contribution is 7.89. The number of thiophene rings is 1. The number of rotatable bonds is 9. The highest BCUT2D eigenvalue weighted by Gasteiger charge is 2.28. The van der Waals surface area contributed by atoms with E-state index in [4.69, 9.17) is 22.3 Å². The van der Waals surface area contributed by atoms with E-state index < -0.39 is 40.3 Å². The zero-order valence-corrected chi connectivity index (χ0v) is 23.9. The van der Waals surface area contributed by atoms with E-state index in [1.54, 1.807) is 50.2 Å². The summed E-state index contributed by atoms with van der Waals surface area (Å²) in [6, 6.07) is 12.7. The predicted octanol–water partition coefficient (Wildman–Crippen LogP) is 2.33. The summed E-state index contributed by atoms with van der Waals surface area (Å²) in [6.45, 7) is 5.18. The van der Waals surface area contributed by atoms with Gasteiger partial charge in [-0.2, -0.15) is 4.72 Å². The number of carbonyl (C=O) groups excluding carboxylic acids is 2. The number of carboxylic acids is 1. The van der Waals surface area contributed by atoms with Gasteiger partial charge in [0.1, 0.15) is 10.9 Å². The van der Waals surface area contributed by atoms with E-state index >= 15 is 0 Å². The van der Waals surface area contributed by atoms with Gasteiger partial charge < -0.3 is 27.0 Å². The summed E-state index contributed by atoms with van der Waals surface area (Å²) in [4.78, 5) is 38.6. The Labute approximate surface area is 235 Å². The molecule has 1 heterocycles. The summed E-state index contributed by atoms with van der Waals surface area (Å²) in [5.41, 5.74) is 19.3. The van der Waals surface area contributed by atoms with Crippen LogP contribution in [0.4, 0.5) is 5.69 Å². The van der Waals surface area contributed by atoms with Crippen LogP contribution in [0.15, 0.2) is 58.4 Å². The SMILES string of the molecule is COC(=O)CC(NS(=O)(=O)c1c(C)cc(C)cc1C)C(N)=O.NC(N)=Nc1cccc(-c2ccc(C(=O)O)s2)c1. The van der Waals surface area contributed by atoms with E-state index in [0.29, 0.717) is 21.7 Å². The summed E-state index contributed by atoms with van der Waals surface area (Å²) in [5, 5.41) is 8.87. The third-order valence-electron chi connectivity index (χ3n) is 5.32. The minimum atomic E-state index is -4.00. The molecule has 1 amide bonds. The standard InChI is InChI=1S/C14H20N2O5S.C12H11N3O2S/c1-8-5-9(2)13(10(3)6-8)22(19,20)16-11(14(15)18)7-12(17)21-4;13-12(14)15-8-3-1-2-7(6-8)9-4-5-10(18-9)11(16)17/h5-6,11,16H,7H2,1-4H3,(H2,15,18);1-6H,(H,16,17)(H4,13,14,15). The Morgan fingerprint density at radius 1 is 1.02 bits per heavy atom. The number of hydrogen-bond donors (Lipinski definition) is 5. The van der Waals surface area contributed by atoms with Gasteiger partial charge in [-0.1, -0.05) is 29.8 Å². The smallest absolute Gasteiger partial charge is 0.345 e. The predicted molar refractivity (Wildman–Crippen MR) is 153 cm³/mol. The largest absolute Gasteiger partial charge is 0.477 e. The number of methoxy groups -OCH3 is 1. The molecule has 3 rings (SSSR count). The number of guanidine groups is 1. The molecule has 3 aromatic rings. The van der Waals surface area contributed by atoms with Crippen LogP contribution in [0.25, 0.3) is 10.4 Å². The van der Waals surface area contributed by atoms with Gasteiger partial charge in [0.15, 0.2) is 5.96 Å². The fraction of sp³-hybridized carbons (Fsp3) is 0.231. The van der Waals surface area contributed by atoms with Crippen molar-refractivity contribution >= 4 is 50.9 Å². The van der Waals surface area contributed by atoms with Crippen LogP contribution < -0.4 is 21.9 Å². The Bertz CT molecular complexity index is 1520. The number of hydrogen-bond acceptors (Lipinski definition) is 8. The van der Waals surface area contributed by atoms with Crippen molar-refractivity contribution < 1.29 is 32.6 Å². The number of carboxylic acid groups (broad SMARTS) is 1. The molecule has 12 nitrogen and oxygen atoms in total. The maximum Gasteiger partial charge on any atom is 0.345 e. The van der Waals surface area contributed by atoms with Crippen molar-refractivity contribution in [3.8, 4) is 10.4 Å². The van der Waals surface area contributed by atoms with Crippen molar-refractivity contribution in [2.45, 2.75) is 38.1 Å². The molecule has 0 radical (unpaired) electrons. The average Bonchev–Trinajstić information content (AvgIpc) is 3.33. The molecule has 2 aromatic carbocycles. The molecule has 0 fully saturated rings. The second kappa shape index (κ2) is 13.7. The number of primary amides is 1. The number of aliphatic imine (C=N–C) groups is 1. The molecule has 0 bridgehead atoms. The lowest BCUT2D eigenvalue weighted by molar-refractivity contribution is -0.142. The number of ether oxygens (including phenoxy) is 1. The summed E-state index contributed by atoms with van der Waals surface area (Å²) in [5.74, 6) is -2.61. The zero-order chi connectivity index (χ0) is 30.2. The van der Waals surface area contributed by atoms with E-state index in [9.17, 15) is 22.8 Å². The van der Waals surface area contributed by atoms with Crippen LogP contribution >= 0.6 is 11.3 Å². The lowest BCUT2D eigenvalue weighted by Gasteiger charge is -2.17. The summed E-state index contributed by atoms with van der Waals surface area (Å²) in [7, 11) is -2.85. The Balaban J connectivity index is 0.000000285. The molecular formula is C26H31N5O7S2. The number of sulfonamides is 1. The normalized spacial score (nSPS) is 11.5. The summed E-state index contributed by atoms with van der Waals surface area (Å²) >= 11 is 1.21. The van der Waals surface area contributed by atoms with Gasteiger partial charge in [0.2, 0.25) is 15.9 Å². The lowest BCUT2D eigenvalue weighted by atomic mass is 10.1. The van der Waals surface area contributed by atoms with Crippen LogP contribution in [0.3, 0.4) is 0 Å². The Morgan fingerprint density at radius 2 is 1.65 bits per heavy atom.